The van der Waals surface area contributed by atoms with Crippen molar-refractivity contribution < 1.29 is 0 Å². The second kappa shape index (κ2) is 2.78. The lowest BCUT2D eigenvalue weighted by atomic mass is 10.4. The number of hydrogen-bond acceptors (Lipinski definition) is 2. The lowest BCUT2D eigenvalue weighted by molar-refractivity contribution is 0.851. The zero-order valence-corrected chi connectivity index (χ0v) is 7.03. The van der Waals surface area contributed by atoms with E-state index in [0.29, 0.717) is 0 Å². The SMILES string of the molecule is CN(C)c1cccn(C)c1=O. The molecule has 0 atom stereocenters. The second-order valence-corrected chi connectivity index (χ2v) is 2.70. The average Bonchev–Trinajstić information content (AvgIpc) is 1.94. The zero-order chi connectivity index (χ0) is 8.43. The van der Waals surface area contributed by atoms with Gasteiger partial charge in [-0.15, -0.1) is 0 Å². The van der Waals surface area contributed by atoms with Crippen LogP contribution in [0.15, 0.2) is 23.1 Å². The smallest absolute Gasteiger partial charge is 0.273 e. The minimum Gasteiger partial charge on any atom is -0.373 e. The van der Waals surface area contributed by atoms with Gasteiger partial charge in [-0.1, -0.05) is 0 Å². The molecule has 0 aliphatic rings. The third-order valence-corrected chi connectivity index (χ3v) is 1.59. The number of anilines is 1. The Hall–Kier alpha value is -1.25. The van der Waals surface area contributed by atoms with Crippen molar-refractivity contribution in [2.75, 3.05) is 19.0 Å². The number of nitrogens with zero attached hydrogens (tertiary/aromatic N) is 2. The number of pyridine rings is 1. The van der Waals surface area contributed by atoms with E-state index in [0.717, 1.165) is 5.69 Å². The van der Waals surface area contributed by atoms with Crippen LogP contribution in [0, 0.1) is 0 Å². The van der Waals surface area contributed by atoms with Crippen molar-refractivity contribution in [3.05, 3.63) is 28.7 Å². The Kier molecular flexibility index (Phi) is 1.98. The molecule has 0 radical (unpaired) electrons. The van der Waals surface area contributed by atoms with Crippen LogP contribution in [-0.2, 0) is 7.05 Å². The Balaban J connectivity index is 3.28. The van der Waals surface area contributed by atoms with E-state index in [1.165, 1.54) is 0 Å². The molecule has 0 spiro atoms. The summed E-state index contributed by atoms with van der Waals surface area (Å²) in [5, 5.41) is 0. The van der Waals surface area contributed by atoms with E-state index in [-0.39, 0.29) is 5.56 Å². The van der Waals surface area contributed by atoms with E-state index in [1.54, 1.807) is 17.8 Å². The fourth-order valence-electron chi connectivity index (χ4n) is 0.923. The normalized spacial score (nSPS) is 9.73. The molecule has 0 saturated carbocycles. The highest BCUT2D eigenvalue weighted by molar-refractivity contribution is 5.41. The van der Waals surface area contributed by atoms with Gasteiger partial charge in [0.05, 0.1) is 0 Å². The largest absolute Gasteiger partial charge is 0.373 e. The first-order chi connectivity index (χ1) is 5.13. The first-order valence-electron chi connectivity index (χ1n) is 3.46. The van der Waals surface area contributed by atoms with Gasteiger partial charge in [0.15, 0.2) is 0 Å². The lowest BCUT2D eigenvalue weighted by Crippen LogP contribution is -2.24. The molecule has 0 amide bonds. The molecule has 1 rings (SSSR count). The van der Waals surface area contributed by atoms with Crippen LogP contribution in [0.2, 0.25) is 0 Å². The summed E-state index contributed by atoms with van der Waals surface area (Å²) >= 11 is 0. The first-order valence-corrected chi connectivity index (χ1v) is 3.46. The standard InChI is InChI=1S/C8H12N2O/c1-9(2)7-5-4-6-10(3)8(7)11/h4-6H,1-3H3. The quantitative estimate of drug-likeness (QED) is 0.584. The van der Waals surface area contributed by atoms with Crippen LogP contribution in [0.4, 0.5) is 5.69 Å². The van der Waals surface area contributed by atoms with Crippen molar-refractivity contribution in [2.45, 2.75) is 0 Å². The van der Waals surface area contributed by atoms with Gasteiger partial charge in [-0.3, -0.25) is 4.79 Å². The van der Waals surface area contributed by atoms with Crippen molar-refractivity contribution in [1.29, 1.82) is 0 Å². The highest BCUT2D eigenvalue weighted by Gasteiger charge is 2.00. The van der Waals surface area contributed by atoms with Crippen molar-refractivity contribution in [2.24, 2.45) is 7.05 Å². The summed E-state index contributed by atoms with van der Waals surface area (Å²) in [5.41, 5.74) is 0.757. The third kappa shape index (κ3) is 1.42. The first kappa shape index (κ1) is 7.85. The summed E-state index contributed by atoms with van der Waals surface area (Å²) in [5.74, 6) is 0. The average molecular weight is 152 g/mol. The van der Waals surface area contributed by atoms with Gasteiger partial charge in [-0.05, 0) is 12.1 Å². The van der Waals surface area contributed by atoms with Crippen molar-refractivity contribution in [1.82, 2.24) is 4.57 Å². The van der Waals surface area contributed by atoms with E-state index >= 15 is 0 Å². The lowest BCUT2D eigenvalue weighted by Gasteiger charge is -2.11. The van der Waals surface area contributed by atoms with Gasteiger partial charge in [0.2, 0.25) is 0 Å². The van der Waals surface area contributed by atoms with E-state index < -0.39 is 0 Å². The van der Waals surface area contributed by atoms with E-state index in [4.69, 9.17) is 0 Å². The second-order valence-electron chi connectivity index (χ2n) is 2.70. The molecule has 0 unspecified atom stereocenters. The molecular weight excluding hydrogens is 140 g/mol. The highest BCUT2D eigenvalue weighted by atomic mass is 16.1. The van der Waals surface area contributed by atoms with Crippen LogP contribution in [0.25, 0.3) is 0 Å². The predicted molar refractivity (Wildman–Crippen MR) is 46.0 cm³/mol. The number of rotatable bonds is 1. The zero-order valence-electron chi connectivity index (χ0n) is 7.03. The summed E-state index contributed by atoms with van der Waals surface area (Å²) in [6, 6.07) is 3.67. The minimum absolute atomic E-state index is 0.0394. The highest BCUT2D eigenvalue weighted by Crippen LogP contribution is 2.00. The maximum Gasteiger partial charge on any atom is 0.273 e. The van der Waals surface area contributed by atoms with Gasteiger partial charge in [0, 0.05) is 27.3 Å². The molecule has 3 heteroatoms. The molecule has 1 heterocycles. The molecule has 1 aromatic heterocycles. The Morgan fingerprint density at radius 1 is 1.45 bits per heavy atom. The number of hydrogen-bond donors (Lipinski definition) is 0. The summed E-state index contributed by atoms with van der Waals surface area (Å²) < 4.78 is 1.56. The van der Waals surface area contributed by atoms with Crippen molar-refractivity contribution in [3.63, 3.8) is 0 Å². The van der Waals surface area contributed by atoms with Gasteiger partial charge in [0.25, 0.3) is 5.56 Å². The van der Waals surface area contributed by atoms with Gasteiger partial charge < -0.3 is 9.47 Å². The number of aryl methyl sites for hydroxylation is 1. The predicted octanol–water partition coefficient (Wildman–Crippen LogP) is 0.451. The molecule has 0 aliphatic carbocycles. The molecule has 0 bridgehead atoms. The van der Waals surface area contributed by atoms with Crippen LogP contribution in [0.1, 0.15) is 0 Å². The van der Waals surface area contributed by atoms with Gasteiger partial charge in [-0.25, -0.2) is 0 Å². The summed E-state index contributed by atoms with van der Waals surface area (Å²) in [7, 11) is 5.46. The van der Waals surface area contributed by atoms with Crippen LogP contribution in [0.3, 0.4) is 0 Å². The molecule has 3 nitrogen and oxygen atoms in total. The van der Waals surface area contributed by atoms with E-state index in [2.05, 4.69) is 0 Å². The fourth-order valence-corrected chi connectivity index (χ4v) is 0.923. The van der Waals surface area contributed by atoms with E-state index in [9.17, 15) is 4.79 Å². The molecule has 0 N–H and O–H groups in total. The summed E-state index contributed by atoms with van der Waals surface area (Å²) in [4.78, 5) is 13.1. The summed E-state index contributed by atoms with van der Waals surface area (Å²) in [6.45, 7) is 0. The van der Waals surface area contributed by atoms with Gasteiger partial charge >= 0.3 is 0 Å². The van der Waals surface area contributed by atoms with E-state index in [1.807, 2.05) is 31.1 Å². The van der Waals surface area contributed by atoms with Crippen LogP contribution in [0.5, 0.6) is 0 Å². The van der Waals surface area contributed by atoms with Crippen molar-refractivity contribution >= 4 is 5.69 Å². The third-order valence-electron chi connectivity index (χ3n) is 1.59. The monoisotopic (exact) mass is 152 g/mol. The van der Waals surface area contributed by atoms with Crippen LogP contribution in [-0.4, -0.2) is 18.7 Å². The van der Waals surface area contributed by atoms with Crippen LogP contribution >= 0.6 is 0 Å². The topological polar surface area (TPSA) is 25.2 Å². The fraction of sp³-hybridized carbons (Fsp3) is 0.375. The molecule has 60 valence electrons. The molecule has 1 aromatic rings. The maximum absolute atomic E-state index is 11.3. The van der Waals surface area contributed by atoms with Crippen molar-refractivity contribution in [3.8, 4) is 0 Å². The van der Waals surface area contributed by atoms with Gasteiger partial charge in [0.1, 0.15) is 5.69 Å². The molecule has 0 saturated heterocycles. The molecule has 0 aromatic carbocycles. The number of aromatic nitrogens is 1. The Morgan fingerprint density at radius 3 is 2.55 bits per heavy atom. The van der Waals surface area contributed by atoms with Crippen LogP contribution < -0.4 is 10.5 Å². The Labute approximate surface area is 65.9 Å². The molecule has 11 heavy (non-hydrogen) atoms. The molecular formula is C8H12N2O. The Morgan fingerprint density at radius 2 is 2.09 bits per heavy atom. The maximum atomic E-state index is 11.3. The summed E-state index contributed by atoms with van der Waals surface area (Å²) in [6.07, 6.45) is 1.75. The van der Waals surface area contributed by atoms with Gasteiger partial charge in [-0.2, -0.15) is 0 Å². The molecule has 0 fully saturated rings. The Bertz CT molecular complexity index is 301. The minimum atomic E-state index is 0.0394. The molecule has 0 aliphatic heterocycles.